The summed E-state index contributed by atoms with van der Waals surface area (Å²) in [4.78, 5) is 11.6. The maximum absolute atomic E-state index is 11.6. The van der Waals surface area contributed by atoms with Gasteiger partial charge in [-0.05, 0) is 42.9 Å². The van der Waals surface area contributed by atoms with Crippen LogP contribution in [0, 0.1) is 5.41 Å². The lowest BCUT2D eigenvalue weighted by molar-refractivity contribution is 0.0602. The molecule has 19 heavy (non-hydrogen) atoms. The zero-order chi connectivity index (χ0) is 13.9. The summed E-state index contributed by atoms with van der Waals surface area (Å²) in [5.74, 6) is -0.393. The van der Waals surface area contributed by atoms with Crippen LogP contribution in [0.5, 0.6) is 0 Å². The molecular weight excluding hydrogens is 240 g/mol. The minimum atomic E-state index is -0.393. The Labute approximate surface area is 114 Å². The lowest BCUT2D eigenvalue weighted by atomic mass is 10.0. The minimum Gasteiger partial charge on any atom is -0.465 e. The number of nitrogens with one attached hydrogen (secondary N) is 1. The Hall–Kier alpha value is -1.71. The first-order chi connectivity index (χ1) is 9.10. The van der Waals surface area contributed by atoms with Gasteiger partial charge in [0.15, 0.2) is 0 Å². The van der Waals surface area contributed by atoms with E-state index in [-0.39, 0.29) is 0 Å². The molecule has 0 aliphatic heterocycles. The first kappa shape index (κ1) is 13.7. The maximum Gasteiger partial charge on any atom is 0.340 e. The summed E-state index contributed by atoms with van der Waals surface area (Å²) in [6.07, 6.45) is 5.08. The zero-order valence-corrected chi connectivity index (χ0v) is 11.7. The van der Waals surface area contributed by atoms with Crippen molar-refractivity contribution in [1.29, 1.82) is 0 Å². The van der Waals surface area contributed by atoms with Crippen molar-refractivity contribution < 1.29 is 9.53 Å². The van der Waals surface area contributed by atoms with Crippen LogP contribution in [0.2, 0.25) is 0 Å². The van der Waals surface area contributed by atoms with Crippen molar-refractivity contribution in [2.75, 3.05) is 24.7 Å². The number of carbonyl (C=O) groups is 1. The number of nitrogens with two attached hydrogens (primary N) is 1. The number of rotatable bonds is 6. The largest absolute Gasteiger partial charge is 0.465 e. The molecular formula is C15H22N2O2. The fraction of sp³-hybridized carbons (Fsp3) is 0.533. The Balaban J connectivity index is 2.03. The molecule has 104 valence electrons. The quantitative estimate of drug-likeness (QED) is 0.611. The Morgan fingerprint density at radius 3 is 2.79 bits per heavy atom. The maximum atomic E-state index is 11.6. The van der Waals surface area contributed by atoms with Crippen molar-refractivity contribution in [3.8, 4) is 0 Å². The second kappa shape index (κ2) is 5.51. The van der Waals surface area contributed by atoms with Crippen LogP contribution in [0.25, 0.3) is 0 Å². The minimum absolute atomic E-state index is 0.393. The van der Waals surface area contributed by atoms with Crippen molar-refractivity contribution in [2.24, 2.45) is 5.41 Å². The molecule has 0 unspecified atom stereocenters. The average molecular weight is 262 g/mol. The summed E-state index contributed by atoms with van der Waals surface area (Å²) < 4.78 is 4.72. The van der Waals surface area contributed by atoms with Gasteiger partial charge in [-0.25, -0.2) is 4.79 Å². The van der Waals surface area contributed by atoms with Crippen molar-refractivity contribution in [2.45, 2.75) is 32.6 Å². The van der Waals surface area contributed by atoms with E-state index in [2.05, 4.69) is 12.2 Å². The van der Waals surface area contributed by atoms with Gasteiger partial charge in [0.05, 0.1) is 12.7 Å². The highest BCUT2D eigenvalue weighted by atomic mass is 16.5. The third kappa shape index (κ3) is 3.19. The lowest BCUT2D eigenvalue weighted by Gasteiger charge is -2.16. The molecule has 0 amide bonds. The predicted molar refractivity (Wildman–Crippen MR) is 77.3 cm³/mol. The molecule has 1 aliphatic rings. The average Bonchev–Trinajstić information content (AvgIpc) is 3.17. The third-order valence-corrected chi connectivity index (χ3v) is 3.86. The van der Waals surface area contributed by atoms with Gasteiger partial charge in [-0.2, -0.15) is 0 Å². The van der Waals surface area contributed by atoms with Gasteiger partial charge in [-0.1, -0.05) is 13.3 Å². The number of nitrogen functional groups attached to an aromatic ring is 1. The molecule has 1 aliphatic carbocycles. The predicted octanol–water partition coefficient (Wildman–Crippen LogP) is 3.05. The number of hydrogen-bond donors (Lipinski definition) is 2. The fourth-order valence-electron chi connectivity index (χ4n) is 2.46. The number of carbonyl (C=O) groups excluding carboxylic acids is 1. The van der Waals surface area contributed by atoms with E-state index in [9.17, 15) is 4.79 Å². The summed E-state index contributed by atoms with van der Waals surface area (Å²) in [7, 11) is 1.36. The Morgan fingerprint density at radius 1 is 1.47 bits per heavy atom. The van der Waals surface area contributed by atoms with Crippen LogP contribution in [0.3, 0.4) is 0 Å². The van der Waals surface area contributed by atoms with Crippen LogP contribution in [0.1, 0.15) is 43.0 Å². The van der Waals surface area contributed by atoms with Crippen molar-refractivity contribution in [1.82, 2.24) is 0 Å². The normalized spacial score (nSPS) is 15.9. The molecule has 1 saturated carbocycles. The van der Waals surface area contributed by atoms with E-state index in [4.69, 9.17) is 10.5 Å². The van der Waals surface area contributed by atoms with E-state index < -0.39 is 5.97 Å². The lowest BCUT2D eigenvalue weighted by Crippen LogP contribution is -2.15. The first-order valence-corrected chi connectivity index (χ1v) is 6.82. The molecule has 1 aromatic rings. The SMILES string of the molecule is CCCC1(CNc2ccc(N)c(C(=O)OC)c2)CC1. The molecule has 0 atom stereocenters. The van der Waals surface area contributed by atoms with Crippen molar-refractivity contribution in [3.63, 3.8) is 0 Å². The van der Waals surface area contributed by atoms with Gasteiger partial charge in [0, 0.05) is 17.9 Å². The van der Waals surface area contributed by atoms with Crippen LogP contribution in [0.4, 0.5) is 11.4 Å². The van der Waals surface area contributed by atoms with Gasteiger partial charge in [-0.15, -0.1) is 0 Å². The second-order valence-corrected chi connectivity index (χ2v) is 5.40. The molecule has 4 nitrogen and oxygen atoms in total. The van der Waals surface area contributed by atoms with E-state index in [1.54, 1.807) is 12.1 Å². The fourth-order valence-corrected chi connectivity index (χ4v) is 2.46. The summed E-state index contributed by atoms with van der Waals surface area (Å²) in [6, 6.07) is 5.42. The van der Waals surface area contributed by atoms with Crippen LogP contribution in [-0.2, 0) is 4.74 Å². The molecule has 0 heterocycles. The highest BCUT2D eigenvalue weighted by Crippen LogP contribution is 2.49. The highest BCUT2D eigenvalue weighted by Gasteiger charge is 2.41. The molecule has 3 N–H and O–H groups in total. The van der Waals surface area contributed by atoms with E-state index >= 15 is 0 Å². The molecule has 1 fully saturated rings. The van der Waals surface area contributed by atoms with Gasteiger partial charge in [0.25, 0.3) is 0 Å². The number of anilines is 2. The molecule has 0 spiro atoms. The Morgan fingerprint density at radius 2 is 2.21 bits per heavy atom. The Bertz CT molecular complexity index is 467. The van der Waals surface area contributed by atoms with Crippen LogP contribution >= 0.6 is 0 Å². The zero-order valence-electron chi connectivity index (χ0n) is 11.7. The highest BCUT2D eigenvalue weighted by molar-refractivity contribution is 5.96. The third-order valence-electron chi connectivity index (χ3n) is 3.86. The number of ether oxygens (including phenoxy) is 1. The molecule has 1 aromatic carbocycles. The topological polar surface area (TPSA) is 64.3 Å². The standard InChI is InChI=1S/C15H22N2O2/c1-3-6-15(7-8-15)10-17-11-4-5-13(16)12(9-11)14(18)19-2/h4-5,9,17H,3,6-8,10,16H2,1-2H3. The van der Waals surface area contributed by atoms with E-state index in [1.165, 1.54) is 32.8 Å². The molecule has 0 saturated heterocycles. The number of methoxy groups -OCH3 is 1. The van der Waals surface area contributed by atoms with Gasteiger partial charge >= 0.3 is 5.97 Å². The second-order valence-electron chi connectivity index (χ2n) is 5.40. The molecule has 2 rings (SSSR count). The summed E-state index contributed by atoms with van der Waals surface area (Å²) in [5.41, 5.74) is 8.06. The number of esters is 1. The van der Waals surface area contributed by atoms with Crippen molar-refractivity contribution >= 4 is 17.3 Å². The van der Waals surface area contributed by atoms with Gasteiger partial charge in [0.1, 0.15) is 0 Å². The summed E-state index contributed by atoms with van der Waals surface area (Å²) >= 11 is 0. The Kier molecular flexibility index (Phi) is 3.98. The summed E-state index contributed by atoms with van der Waals surface area (Å²) in [5, 5.41) is 3.42. The smallest absolute Gasteiger partial charge is 0.340 e. The molecule has 4 heteroatoms. The van der Waals surface area contributed by atoms with E-state index in [0.29, 0.717) is 16.7 Å². The molecule has 0 aromatic heterocycles. The van der Waals surface area contributed by atoms with E-state index in [1.807, 2.05) is 6.07 Å². The van der Waals surface area contributed by atoms with Crippen LogP contribution in [-0.4, -0.2) is 19.6 Å². The van der Waals surface area contributed by atoms with Crippen LogP contribution in [0.15, 0.2) is 18.2 Å². The molecule has 0 radical (unpaired) electrons. The van der Waals surface area contributed by atoms with E-state index in [0.717, 1.165) is 12.2 Å². The number of hydrogen-bond acceptors (Lipinski definition) is 4. The van der Waals surface area contributed by atoms with Crippen molar-refractivity contribution in [3.05, 3.63) is 23.8 Å². The first-order valence-electron chi connectivity index (χ1n) is 6.82. The summed E-state index contributed by atoms with van der Waals surface area (Å²) in [6.45, 7) is 3.18. The van der Waals surface area contributed by atoms with Gasteiger partial charge < -0.3 is 15.8 Å². The van der Waals surface area contributed by atoms with Gasteiger partial charge in [-0.3, -0.25) is 0 Å². The van der Waals surface area contributed by atoms with Crippen LogP contribution < -0.4 is 11.1 Å². The monoisotopic (exact) mass is 262 g/mol. The number of benzene rings is 1. The molecule has 0 bridgehead atoms. The van der Waals surface area contributed by atoms with Gasteiger partial charge in [0.2, 0.25) is 0 Å².